The van der Waals surface area contributed by atoms with E-state index in [1.54, 1.807) is 29.2 Å². The standard InChI is InChI=1S/C19H15FN2O2/c20-16-7-5-13(6-8-16)18(23)15-9-10-22(12-15)19(24)17-4-2-1-3-14(17)11-21/h1-8,15H,9-10,12H2. The summed E-state index contributed by atoms with van der Waals surface area (Å²) in [6.07, 6.45) is 0.566. The van der Waals surface area contributed by atoms with Gasteiger partial charge in [-0.1, -0.05) is 12.1 Å². The summed E-state index contributed by atoms with van der Waals surface area (Å²) in [5.41, 5.74) is 1.14. The molecule has 1 saturated heterocycles. The largest absolute Gasteiger partial charge is 0.338 e. The first-order chi connectivity index (χ1) is 11.6. The molecule has 2 aromatic carbocycles. The minimum Gasteiger partial charge on any atom is -0.338 e. The van der Waals surface area contributed by atoms with Crippen LogP contribution in [-0.4, -0.2) is 29.7 Å². The van der Waals surface area contributed by atoms with Crippen molar-refractivity contribution in [1.82, 2.24) is 4.90 Å². The lowest BCUT2D eigenvalue weighted by atomic mass is 9.97. The van der Waals surface area contributed by atoms with Crippen molar-refractivity contribution in [2.75, 3.05) is 13.1 Å². The van der Waals surface area contributed by atoms with Gasteiger partial charge in [0.05, 0.1) is 17.2 Å². The van der Waals surface area contributed by atoms with Gasteiger partial charge in [0.15, 0.2) is 5.78 Å². The van der Waals surface area contributed by atoms with E-state index in [4.69, 9.17) is 5.26 Å². The van der Waals surface area contributed by atoms with Crippen molar-refractivity contribution < 1.29 is 14.0 Å². The van der Waals surface area contributed by atoms with Crippen molar-refractivity contribution in [1.29, 1.82) is 5.26 Å². The predicted octanol–water partition coefficient (Wildman–Crippen LogP) is 3.04. The summed E-state index contributed by atoms with van der Waals surface area (Å²) in [6, 6.07) is 14.1. The van der Waals surface area contributed by atoms with E-state index in [1.807, 2.05) is 6.07 Å². The zero-order valence-corrected chi connectivity index (χ0v) is 12.9. The van der Waals surface area contributed by atoms with Crippen LogP contribution in [0.3, 0.4) is 0 Å². The van der Waals surface area contributed by atoms with Crippen molar-refractivity contribution in [3.8, 4) is 6.07 Å². The number of carbonyl (C=O) groups excluding carboxylic acids is 2. The molecule has 1 aliphatic heterocycles. The fourth-order valence-corrected chi connectivity index (χ4v) is 2.95. The van der Waals surface area contributed by atoms with Gasteiger partial charge in [-0.25, -0.2) is 4.39 Å². The van der Waals surface area contributed by atoms with E-state index < -0.39 is 0 Å². The van der Waals surface area contributed by atoms with Crippen LogP contribution >= 0.6 is 0 Å². The maximum Gasteiger partial charge on any atom is 0.255 e. The zero-order chi connectivity index (χ0) is 17.1. The second kappa shape index (κ2) is 6.63. The van der Waals surface area contributed by atoms with E-state index in [0.29, 0.717) is 36.2 Å². The van der Waals surface area contributed by atoms with Gasteiger partial charge >= 0.3 is 0 Å². The summed E-state index contributed by atoms with van der Waals surface area (Å²) >= 11 is 0. The number of nitrogens with zero attached hydrogens (tertiary/aromatic N) is 2. The molecule has 0 aliphatic carbocycles. The van der Waals surface area contributed by atoms with Crippen molar-refractivity contribution in [3.05, 3.63) is 71.0 Å². The quantitative estimate of drug-likeness (QED) is 0.816. The first-order valence-electron chi connectivity index (χ1n) is 7.68. The highest BCUT2D eigenvalue weighted by Crippen LogP contribution is 2.23. The molecule has 120 valence electrons. The number of nitriles is 1. The number of hydrogen-bond donors (Lipinski definition) is 0. The first-order valence-corrected chi connectivity index (χ1v) is 7.68. The van der Waals surface area contributed by atoms with Gasteiger partial charge in [0.2, 0.25) is 0 Å². The Morgan fingerprint density at radius 1 is 1.12 bits per heavy atom. The van der Waals surface area contributed by atoms with Crippen LogP contribution in [0.2, 0.25) is 0 Å². The number of benzene rings is 2. The van der Waals surface area contributed by atoms with Crippen LogP contribution in [0, 0.1) is 23.1 Å². The molecule has 1 aliphatic rings. The second-order valence-electron chi connectivity index (χ2n) is 5.77. The number of hydrogen-bond acceptors (Lipinski definition) is 3. The Kier molecular flexibility index (Phi) is 4.39. The number of halogens is 1. The molecule has 1 unspecified atom stereocenters. The molecule has 24 heavy (non-hydrogen) atoms. The molecule has 0 radical (unpaired) electrons. The van der Waals surface area contributed by atoms with Gasteiger partial charge in [-0.2, -0.15) is 5.26 Å². The average molecular weight is 322 g/mol. The van der Waals surface area contributed by atoms with Gasteiger partial charge in [-0.3, -0.25) is 9.59 Å². The first kappa shape index (κ1) is 15.9. The molecule has 4 nitrogen and oxygen atoms in total. The molecular formula is C19H15FN2O2. The summed E-state index contributed by atoms with van der Waals surface area (Å²) in [5, 5.41) is 9.12. The van der Waals surface area contributed by atoms with Crippen molar-refractivity contribution in [2.24, 2.45) is 5.92 Å². The highest BCUT2D eigenvalue weighted by molar-refractivity contribution is 6.00. The summed E-state index contributed by atoms with van der Waals surface area (Å²) in [5.74, 6) is -1.00. The lowest BCUT2D eigenvalue weighted by Crippen LogP contribution is -2.30. The SMILES string of the molecule is N#Cc1ccccc1C(=O)N1CCC(C(=O)c2ccc(F)cc2)C1. The van der Waals surface area contributed by atoms with Crippen LogP contribution in [0.25, 0.3) is 0 Å². The van der Waals surface area contributed by atoms with Crippen LogP contribution in [0.15, 0.2) is 48.5 Å². The van der Waals surface area contributed by atoms with Crippen molar-refractivity contribution in [2.45, 2.75) is 6.42 Å². The van der Waals surface area contributed by atoms with Gasteiger partial charge in [-0.05, 0) is 42.8 Å². The third-order valence-electron chi connectivity index (χ3n) is 4.25. The zero-order valence-electron chi connectivity index (χ0n) is 12.9. The van der Waals surface area contributed by atoms with Crippen LogP contribution in [-0.2, 0) is 0 Å². The van der Waals surface area contributed by atoms with E-state index in [1.165, 1.54) is 24.3 Å². The molecule has 0 spiro atoms. The third-order valence-corrected chi connectivity index (χ3v) is 4.25. The smallest absolute Gasteiger partial charge is 0.255 e. The van der Waals surface area contributed by atoms with E-state index in [0.717, 1.165) is 0 Å². The van der Waals surface area contributed by atoms with Crippen LogP contribution in [0.1, 0.15) is 32.7 Å². The molecule has 1 heterocycles. The van der Waals surface area contributed by atoms with Gasteiger partial charge in [0.1, 0.15) is 5.82 Å². The van der Waals surface area contributed by atoms with E-state index in [2.05, 4.69) is 0 Å². The third kappa shape index (κ3) is 3.04. The lowest BCUT2D eigenvalue weighted by Gasteiger charge is -2.17. The molecule has 1 atom stereocenters. The Labute approximate surface area is 139 Å². The maximum atomic E-state index is 13.0. The minimum absolute atomic E-state index is 0.0844. The highest BCUT2D eigenvalue weighted by atomic mass is 19.1. The molecular weight excluding hydrogens is 307 g/mol. The summed E-state index contributed by atoms with van der Waals surface area (Å²) in [7, 11) is 0. The molecule has 0 aromatic heterocycles. The topological polar surface area (TPSA) is 61.2 Å². The molecule has 1 amide bonds. The second-order valence-corrected chi connectivity index (χ2v) is 5.77. The van der Waals surface area contributed by atoms with E-state index in [-0.39, 0.29) is 23.4 Å². The van der Waals surface area contributed by atoms with Crippen LogP contribution in [0.5, 0.6) is 0 Å². The van der Waals surface area contributed by atoms with Crippen LogP contribution in [0.4, 0.5) is 4.39 Å². The number of Topliss-reactive ketones (excluding diaryl/α,β-unsaturated/α-hetero) is 1. The van der Waals surface area contributed by atoms with Gasteiger partial charge in [-0.15, -0.1) is 0 Å². The highest BCUT2D eigenvalue weighted by Gasteiger charge is 2.32. The molecule has 1 fully saturated rings. The van der Waals surface area contributed by atoms with E-state index in [9.17, 15) is 14.0 Å². The van der Waals surface area contributed by atoms with E-state index >= 15 is 0 Å². The Morgan fingerprint density at radius 2 is 1.83 bits per heavy atom. The van der Waals surface area contributed by atoms with Gasteiger partial charge in [0, 0.05) is 24.6 Å². The Balaban J connectivity index is 1.73. The Hall–Kier alpha value is -3.00. The fourth-order valence-electron chi connectivity index (χ4n) is 2.95. The van der Waals surface area contributed by atoms with Crippen molar-refractivity contribution in [3.63, 3.8) is 0 Å². The normalized spacial score (nSPS) is 16.7. The fraction of sp³-hybridized carbons (Fsp3) is 0.211. The van der Waals surface area contributed by atoms with Crippen molar-refractivity contribution >= 4 is 11.7 Å². The summed E-state index contributed by atoms with van der Waals surface area (Å²) in [6.45, 7) is 0.783. The monoisotopic (exact) mass is 322 g/mol. The van der Waals surface area contributed by atoms with Crippen LogP contribution < -0.4 is 0 Å². The Morgan fingerprint density at radius 3 is 2.54 bits per heavy atom. The molecule has 5 heteroatoms. The molecule has 0 N–H and O–H groups in total. The number of rotatable bonds is 3. The molecule has 2 aromatic rings. The van der Waals surface area contributed by atoms with Gasteiger partial charge < -0.3 is 4.90 Å². The van der Waals surface area contributed by atoms with Gasteiger partial charge in [0.25, 0.3) is 5.91 Å². The average Bonchev–Trinajstić information content (AvgIpc) is 3.11. The molecule has 3 rings (SSSR count). The molecule has 0 bridgehead atoms. The number of ketones is 1. The summed E-state index contributed by atoms with van der Waals surface area (Å²) < 4.78 is 13.0. The number of amides is 1. The lowest BCUT2D eigenvalue weighted by molar-refractivity contribution is 0.0780. The number of likely N-dealkylation sites (tertiary alicyclic amines) is 1. The molecule has 0 saturated carbocycles. The maximum absolute atomic E-state index is 13.0. The summed E-state index contributed by atoms with van der Waals surface area (Å²) in [4.78, 5) is 26.7. The number of carbonyl (C=O) groups is 2. The predicted molar refractivity (Wildman–Crippen MR) is 85.9 cm³/mol. The minimum atomic E-state index is -0.386. The Bertz CT molecular complexity index is 824.